The molecule has 9 heteroatoms. The van der Waals surface area contributed by atoms with E-state index in [9.17, 15) is 9.18 Å². The van der Waals surface area contributed by atoms with Crippen molar-refractivity contribution in [2.75, 3.05) is 17.3 Å². The van der Waals surface area contributed by atoms with Crippen LogP contribution in [0, 0.1) is 5.82 Å². The lowest BCUT2D eigenvalue weighted by atomic mass is 10.3. The van der Waals surface area contributed by atoms with E-state index in [1.807, 2.05) is 6.26 Å². The molecule has 0 saturated heterocycles. The average molecular weight is 348 g/mol. The normalized spacial score (nSPS) is 10.6. The largest absolute Gasteiger partial charge is 0.415 e. The first-order chi connectivity index (χ1) is 10.1. The topological polar surface area (TPSA) is 68.0 Å². The lowest BCUT2D eigenvalue weighted by Gasteiger charge is -2.04. The fourth-order valence-electron chi connectivity index (χ4n) is 1.38. The first-order valence-corrected chi connectivity index (χ1v) is 8.53. The van der Waals surface area contributed by atoms with Crippen molar-refractivity contribution >= 4 is 46.7 Å². The number of carbonyl (C=O) groups excluding carboxylic acids is 1. The summed E-state index contributed by atoms with van der Waals surface area (Å²) in [5.41, 5.74) is 0.431. The lowest BCUT2D eigenvalue weighted by Crippen LogP contribution is -2.14. The van der Waals surface area contributed by atoms with Gasteiger partial charge in [-0.2, -0.15) is 11.8 Å². The van der Waals surface area contributed by atoms with Crippen molar-refractivity contribution in [1.82, 2.24) is 10.2 Å². The molecular weight excluding hydrogens is 337 g/mol. The highest BCUT2D eigenvalue weighted by molar-refractivity contribution is 7.99. The number of hydrogen-bond donors (Lipinski definition) is 1. The summed E-state index contributed by atoms with van der Waals surface area (Å²) in [7, 11) is 0. The highest BCUT2D eigenvalue weighted by Gasteiger charge is 2.10. The third-order valence-electron chi connectivity index (χ3n) is 2.25. The number of anilines is 1. The van der Waals surface area contributed by atoms with Crippen LogP contribution in [0.25, 0.3) is 0 Å². The van der Waals surface area contributed by atoms with Gasteiger partial charge >= 0.3 is 0 Å². The van der Waals surface area contributed by atoms with E-state index in [4.69, 9.17) is 16.0 Å². The van der Waals surface area contributed by atoms with Crippen LogP contribution >= 0.6 is 35.1 Å². The van der Waals surface area contributed by atoms with Crippen molar-refractivity contribution in [3.63, 3.8) is 0 Å². The predicted octanol–water partition coefficient (Wildman–Crippen LogP) is 3.46. The number of carbonyl (C=O) groups is 1. The van der Waals surface area contributed by atoms with Gasteiger partial charge in [-0.25, -0.2) is 4.39 Å². The SMILES string of the molecule is CSCc1nnc(SCC(=O)Nc2ccc(F)c(Cl)c2)o1. The summed E-state index contributed by atoms with van der Waals surface area (Å²) in [6.07, 6.45) is 1.93. The van der Waals surface area contributed by atoms with Crippen molar-refractivity contribution in [3.05, 3.63) is 34.9 Å². The van der Waals surface area contributed by atoms with Gasteiger partial charge in [-0.1, -0.05) is 23.4 Å². The number of halogens is 2. The van der Waals surface area contributed by atoms with Gasteiger partial charge in [0.2, 0.25) is 11.8 Å². The zero-order valence-electron chi connectivity index (χ0n) is 10.9. The molecule has 1 aromatic carbocycles. The van der Waals surface area contributed by atoms with Crippen molar-refractivity contribution in [3.8, 4) is 0 Å². The van der Waals surface area contributed by atoms with E-state index in [1.54, 1.807) is 11.8 Å². The Morgan fingerprint density at radius 3 is 3.00 bits per heavy atom. The van der Waals surface area contributed by atoms with Gasteiger partial charge < -0.3 is 9.73 Å². The number of aromatic nitrogens is 2. The Morgan fingerprint density at radius 1 is 1.48 bits per heavy atom. The van der Waals surface area contributed by atoms with Crippen LogP contribution in [0.15, 0.2) is 27.8 Å². The van der Waals surface area contributed by atoms with Crippen LogP contribution in [0.4, 0.5) is 10.1 Å². The Bertz CT molecular complexity index is 639. The first-order valence-electron chi connectivity index (χ1n) is 5.77. The molecule has 1 heterocycles. The van der Waals surface area contributed by atoms with E-state index >= 15 is 0 Å². The summed E-state index contributed by atoms with van der Waals surface area (Å²) in [5.74, 6) is 0.461. The van der Waals surface area contributed by atoms with Crippen molar-refractivity contribution < 1.29 is 13.6 Å². The summed E-state index contributed by atoms with van der Waals surface area (Å²) in [4.78, 5) is 11.8. The van der Waals surface area contributed by atoms with Crippen LogP contribution in [-0.4, -0.2) is 28.1 Å². The molecule has 0 bridgehead atoms. The van der Waals surface area contributed by atoms with Gasteiger partial charge in [0.15, 0.2) is 0 Å². The van der Waals surface area contributed by atoms with Crippen LogP contribution in [-0.2, 0) is 10.5 Å². The van der Waals surface area contributed by atoms with Crippen LogP contribution in [0.1, 0.15) is 5.89 Å². The lowest BCUT2D eigenvalue weighted by molar-refractivity contribution is -0.113. The van der Waals surface area contributed by atoms with Crippen molar-refractivity contribution in [2.45, 2.75) is 11.0 Å². The minimum atomic E-state index is -0.531. The molecule has 2 aromatic rings. The monoisotopic (exact) mass is 347 g/mol. The van der Waals surface area contributed by atoms with E-state index < -0.39 is 5.82 Å². The number of hydrogen-bond acceptors (Lipinski definition) is 6. The van der Waals surface area contributed by atoms with Crippen molar-refractivity contribution in [1.29, 1.82) is 0 Å². The van der Waals surface area contributed by atoms with Gasteiger partial charge in [-0.05, 0) is 24.5 Å². The van der Waals surface area contributed by atoms with Crippen molar-refractivity contribution in [2.24, 2.45) is 0 Å². The minimum Gasteiger partial charge on any atom is -0.415 e. The molecule has 0 aliphatic carbocycles. The predicted molar refractivity (Wildman–Crippen MR) is 82.3 cm³/mol. The van der Waals surface area contributed by atoms with E-state index in [0.29, 0.717) is 22.6 Å². The van der Waals surface area contributed by atoms with E-state index in [2.05, 4.69) is 15.5 Å². The average Bonchev–Trinajstić information content (AvgIpc) is 2.89. The van der Waals surface area contributed by atoms with Crippen LogP contribution in [0.2, 0.25) is 5.02 Å². The van der Waals surface area contributed by atoms with Gasteiger partial charge in [-0.3, -0.25) is 4.79 Å². The second kappa shape index (κ2) is 7.67. The Balaban J connectivity index is 1.85. The van der Waals surface area contributed by atoms with Gasteiger partial charge in [0, 0.05) is 5.69 Å². The first kappa shape index (κ1) is 16.1. The summed E-state index contributed by atoms with van der Waals surface area (Å²) >= 11 is 8.34. The molecule has 0 atom stereocenters. The van der Waals surface area contributed by atoms with E-state index in [0.717, 1.165) is 11.8 Å². The summed E-state index contributed by atoms with van der Waals surface area (Å²) in [6.45, 7) is 0. The number of thioether (sulfide) groups is 2. The molecule has 1 N–H and O–H groups in total. The molecule has 1 aromatic heterocycles. The van der Waals surface area contributed by atoms with Gasteiger partial charge in [0.05, 0.1) is 16.5 Å². The maximum atomic E-state index is 13.0. The number of rotatable bonds is 6. The number of benzene rings is 1. The Hall–Kier alpha value is -1.25. The fourth-order valence-corrected chi connectivity index (χ4v) is 2.50. The van der Waals surface area contributed by atoms with Gasteiger partial charge in [-0.15, -0.1) is 10.2 Å². The maximum absolute atomic E-state index is 13.0. The molecule has 112 valence electrons. The molecule has 0 aliphatic rings. The molecule has 1 amide bonds. The van der Waals surface area contributed by atoms with Gasteiger partial charge in [0.25, 0.3) is 5.22 Å². The zero-order valence-corrected chi connectivity index (χ0v) is 13.3. The third kappa shape index (κ3) is 4.90. The molecule has 0 unspecified atom stereocenters. The molecule has 21 heavy (non-hydrogen) atoms. The van der Waals surface area contributed by atoms with Gasteiger partial charge in [0.1, 0.15) is 5.82 Å². The van der Waals surface area contributed by atoms with E-state index in [1.165, 1.54) is 18.2 Å². The highest BCUT2D eigenvalue weighted by Crippen LogP contribution is 2.21. The Labute approximate surface area is 134 Å². The third-order valence-corrected chi connectivity index (χ3v) is 3.89. The van der Waals surface area contributed by atoms with Crippen LogP contribution in [0.3, 0.4) is 0 Å². The number of nitrogens with zero attached hydrogens (tertiary/aromatic N) is 2. The maximum Gasteiger partial charge on any atom is 0.277 e. The second-order valence-electron chi connectivity index (χ2n) is 3.86. The summed E-state index contributed by atoms with van der Waals surface area (Å²) in [6, 6.07) is 3.98. The van der Waals surface area contributed by atoms with Crippen LogP contribution in [0.5, 0.6) is 0 Å². The Kier molecular flexibility index (Phi) is 5.89. The molecule has 0 radical (unpaired) electrons. The molecular formula is C12H11ClFN3O2S2. The molecule has 2 rings (SSSR count). The molecule has 0 spiro atoms. The minimum absolute atomic E-state index is 0.0425. The number of amides is 1. The number of nitrogens with one attached hydrogen (secondary N) is 1. The molecule has 5 nitrogen and oxygen atoms in total. The fraction of sp³-hybridized carbons (Fsp3) is 0.250. The summed E-state index contributed by atoms with van der Waals surface area (Å²) < 4.78 is 18.3. The molecule has 0 saturated carbocycles. The summed E-state index contributed by atoms with van der Waals surface area (Å²) in [5, 5.41) is 10.6. The smallest absolute Gasteiger partial charge is 0.277 e. The zero-order chi connectivity index (χ0) is 15.2. The highest BCUT2D eigenvalue weighted by atomic mass is 35.5. The standard InChI is InChI=1S/C12H11ClFN3O2S2/c1-20-6-11-16-17-12(19-11)21-5-10(18)15-7-2-3-9(14)8(13)4-7/h2-4H,5-6H2,1H3,(H,15,18). The van der Waals surface area contributed by atoms with Crippen LogP contribution < -0.4 is 5.32 Å². The molecule has 0 aliphatic heterocycles. The second-order valence-corrected chi connectivity index (χ2v) is 6.06. The van der Waals surface area contributed by atoms with E-state index in [-0.39, 0.29) is 16.7 Å². The Morgan fingerprint density at radius 2 is 2.29 bits per heavy atom. The molecule has 0 fully saturated rings. The quantitative estimate of drug-likeness (QED) is 0.807.